The van der Waals surface area contributed by atoms with E-state index in [-0.39, 0.29) is 0 Å². The van der Waals surface area contributed by atoms with Crippen LogP contribution in [-0.2, 0) is 13.7 Å². The SMILES string of the molecule is [Cl][Ti+]([Cl])[Br]. The number of rotatable bonds is 0. The normalized spacial score (nSPS) is 6.75. The average molecular weight is 199 g/mol. The van der Waals surface area contributed by atoms with E-state index in [4.69, 9.17) is 18.6 Å². The van der Waals surface area contributed by atoms with Crippen LogP contribution in [0.15, 0.2) is 0 Å². The average Bonchev–Trinajstić information content (AvgIpc) is 0.811. The van der Waals surface area contributed by atoms with Gasteiger partial charge in [0.25, 0.3) is 0 Å². The third-order valence-corrected chi connectivity index (χ3v) is 0. The maximum atomic E-state index is 5.12. The standard InChI is InChI=1S/BrH.2ClH.Ti/h3*1H;/q;;;+4/p-3. The van der Waals surface area contributed by atoms with Gasteiger partial charge >= 0.3 is 45.4 Å². The van der Waals surface area contributed by atoms with Gasteiger partial charge in [0.05, 0.1) is 0 Å². The van der Waals surface area contributed by atoms with Crippen molar-refractivity contribution in [3.63, 3.8) is 0 Å². The molecule has 24 valence electrons. The van der Waals surface area contributed by atoms with Gasteiger partial charge < -0.3 is 0 Å². The van der Waals surface area contributed by atoms with Crippen molar-refractivity contribution in [1.82, 2.24) is 0 Å². The second-order valence-electron chi connectivity index (χ2n) is 0.214. The molecule has 0 saturated carbocycles. The molecule has 0 heterocycles. The summed E-state index contributed by atoms with van der Waals surface area (Å²) >= 11 is 1.39. The molecule has 0 aliphatic heterocycles. The molecule has 0 unspecified atom stereocenters. The van der Waals surface area contributed by atoms with E-state index in [1.165, 1.54) is 0 Å². The van der Waals surface area contributed by atoms with Gasteiger partial charge in [-0.25, -0.2) is 0 Å². The Bertz CT molecular complexity index is 10.8. The Hall–Kier alpha value is 1.77. The summed E-state index contributed by atoms with van der Waals surface area (Å²) < 4.78 is 0. The van der Waals surface area contributed by atoms with Gasteiger partial charge in [0.1, 0.15) is 0 Å². The minimum absolute atomic E-state index is 1.58. The summed E-state index contributed by atoms with van der Waals surface area (Å²) in [5.41, 5.74) is 0. The third kappa shape index (κ3) is 9.23. The molecule has 0 aliphatic carbocycles. The Balaban J connectivity index is 2.32. The first-order valence-electron chi connectivity index (χ1n) is 0.567. The molecule has 0 nitrogen and oxygen atoms in total. The molecule has 0 bridgehead atoms. The van der Waals surface area contributed by atoms with Crippen LogP contribution in [0, 0.1) is 0 Å². The Morgan fingerprint density at radius 2 is 1.50 bits per heavy atom. The molecule has 0 aromatic carbocycles. The van der Waals surface area contributed by atoms with Gasteiger partial charge in [-0.15, -0.1) is 0 Å². The van der Waals surface area contributed by atoms with E-state index in [9.17, 15) is 0 Å². The van der Waals surface area contributed by atoms with Gasteiger partial charge in [-0.3, -0.25) is 0 Å². The van der Waals surface area contributed by atoms with E-state index in [0.29, 0.717) is 0 Å². The monoisotopic (exact) mass is 197 g/mol. The molecule has 4 heteroatoms. The van der Waals surface area contributed by atoms with Crippen LogP contribution in [0.2, 0.25) is 0 Å². The molecule has 0 aliphatic rings. The maximum absolute atomic E-state index is 5.12. The van der Waals surface area contributed by atoms with Crippen LogP contribution >= 0.6 is 31.8 Å². The Labute approximate surface area is 45.1 Å². The molecule has 0 aromatic rings. The van der Waals surface area contributed by atoms with Crippen molar-refractivity contribution in [2.24, 2.45) is 0 Å². The molecule has 4 heavy (non-hydrogen) atoms. The molecule has 0 saturated heterocycles. The second-order valence-corrected chi connectivity index (χ2v) is 11.8. The predicted molar refractivity (Wildman–Crippen MR) is 20.6 cm³/mol. The van der Waals surface area contributed by atoms with Crippen LogP contribution in [0.1, 0.15) is 0 Å². The van der Waals surface area contributed by atoms with Crippen molar-refractivity contribution in [2.45, 2.75) is 0 Å². The molecule has 0 fully saturated rings. The zero-order valence-corrected chi connectivity index (χ0v) is 6.29. The third-order valence-electron chi connectivity index (χ3n) is 0. The zero-order valence-electron chi connectivity index (χ0n) is 1.63. The first-order chi connectivity index (χ1) is 1.73. The summed E-state index contributed by atoms with van der Waals surface area (Å²) in [4.78, 5) is 0. The number of hydrogen-bond acceptors (Lipinski definition) is 0. The Morgan fingerprint density at radius 3 is 1.50 bits per heavy atom. The number of halogens is 3. The molecule has 0 atom stereocenters. The molecule has 0 aromatic heterocycles. The molecular formula is BrCl2Ti+. The van der Waals surface area contributed by atoms with Gasteiger partial charge in [-0.05, 0) is 0 Å². The van der Waals surface area contributed by atoms with E-state index in [0.717, 1.165) is 0 Å². The minimum atomic E-state index is -1.58. The fraction of sp³-hybridized carbons (Fsp3) is 0. The molecule has 0 rings (SSSR count). The summed E-state index contributed by atoms with van der Waals surface area (Å²) in [7, 11) is 10.2. The predicted octanol–water partition coefficient (Wildman–Crippen LogP) is 2.22. The van der Waals surface area contributed by atoms with Crippen LogP contribution < -0.4 is 0 Å². The molecule has 0 amide bonds. The van der Waals surface area contributed by atoms with E-state index >= 15 is 0 Å². The van der Waals surface area contributed by atoms with Crippen molar-refractivity contribution < 1.29 is 13.7 Å². The summed E-state index contributed by atoms with van der Waals surface area (Å²) in [5.74, 6) is 0. The van der Waals surface area contributed by atoms with Gasteiger partial charge in [0.2, 0.25) is 0 Å². The van der Waals surface area contributed by atoms with E-state index in [1.807, 2.05) is 0 Å². The van der Waals surface area contributed by atoms with Crippen molar-refractivity contribution in [2.75, 3.05) is 0 Å². The van der Waals surface area contributed by atoms with Gasteiger partial charge in [-0.2, -0.15) is 0 Å². The van der Waals surface area contributed by atoms with Crippen LogP contribution in [0.3, 0.4) is 0 Å². The van der Waals surface area contributed by atoms with E-state index in [1.54, 1.807) is 0 Å². The van der Waals surface area contributed by atoms with E-state index < -0.39 is 13.7 Å². The molecule has 0 radical (unpaired) electrons. The van der Waals surface area contributed by atoms with Crippen molar-refractivity contribution in [1.29, 1.82) is 0 Å². The second kappa shape index (κ2) is 2.98. The first kappa shape index (κ1) is 5.77. The fourth-order valence-corrected chi connectivity index (χ4v) is 0. The van der Waals surface area contributed by atoms with Crippen LogP contribution in [-0.4, -0.2) is 0 Å². The zero-order chi connectivity index (χ0) is 3.58. The van der Waals surface area contributed by atoms with Crippen LogP contribution in [0.5, 0.6) is 0 Å². The van der Waals surface area contributed by atoms with Crippen LogP contribution in [0.4, 0.5) is 0 Å². The van der Waals surface area contributed by atoms with Gasteiger partial charge in [0.15, 0.2) is 0 Å². The quantitative estimate of drug-likeness (QED) is 0.524. The van der Waals surface area contributed by atoms with Gasteiger partial charge in [-0.1, -0.05) is 0 Å². The van der Waals surface area contributed by atoms with E-state index in [2.05, 4.69) is 13.2 Å². The summed E-state index contributed by atoms with van der Waals surface area (Å²) in [6, 6.07) is 0. The van der Waals surface area contributed by atoms with Crippen molar-refractivity contribution in [3.05, 3.63) is 0 Å². The van der Waals surface area contributed by atoms with Crippen molar-refractivity contribution in [3.8, 4) is 0 Å². The van der Waals surface area contributed by atoms with Crippen LogP contribution in [0.25, 0.3) is 0 Å². The fourth-order valence-electron chi connectivity index (χ4n) is 0. The summed E-state index contributed by atoms with van der Waals surface area (Å²) in [6.45, 7) is 0. The summed E-state index contributed by atoms with van der Waals surface area (Å²) in [6.07, 6.45) is 0. The topological polar surface area (TPSA) is 0 Å². The first-order valence-corrected chi connectivity index (χ1v) is 8.72. The number of hydrogen-bond donors (Lipinski definition) is 0. The summed E-state index contributed by atoms with van der Waals surface area (Å²) in [5, 5.41) is 0. The Kier molecular flexibility index (Phi) is 4.31. The molecule has 0 N–H and O–H groups in total. The molecule has 0 spiro atoms. The van der Waals surface area contributed by atoms with Crippen molar-refractivity contribution >= 4 is 31.8 Å². The Morgan fingerprint density at radius 1 is 1.50 bits per heavy atom. The molecular weight excluding hydrogens is 199 g/mol. The van der Waals surface area contributed by atoms with Gasteiger partial charge in [0, 0.05) is 0 Å².